The fourth-order valence-corrected chi connectivity index (χ4v) is 4.44. The number of nitrogens with one attached hydrogen (secondary N) is 1. The molecular formula is C20H21N3O3S2. The van der Waals surface area contributed by atoms with Gasteiger partial charge in [0, 0.05) is 5.39 Å². The third-order valence-corrected chi connectivity index (χ3v) is 6.12. The van der Waals surface area contributed by atoms with Gasteiger partial charge < -0.3 is 10.1 Å². The van der Waals surface area contributed by atoms with Crippen molar-refractivity contribution in [3.63, 3.8) is 0 Å². The Bertz CT molecular complexity index is 1030. The number of benzene rings is 1. The fraction of sp³-hybridized carbons (Fsp3) is 0.300. The lowest BCUT2D eigenvalue weighted by atomic mass is 10.1. The van der Waals surface area contributed by atoms with E-state index in [0.29, 0.717) is 22.3 Å². The summed E-state index contributed by atoms with van der Waals surface area (Å²) < 4.78 is 5.01. The quantitative estimate of drug-likeness (QED) is 0.468. The number of amides is 1. The normalized spacial score (nSPS) is 12.0. The monoisotopic (exact) mass is 415 g/mol. The maximum Gasteiger partial charge on any atom is 0.350 e. The van der Waals surface area contributed by atoms with Crippen LogP contribution in [0.3, 0.4) is 0 Å². The summed E-state index contributed by atoms with van der Waals surface area (Å²) in [7, 11) is 0. The lowest BCUT2D eigenvalue weighted by Crippen LogP contribution is -2.22. The second-order valence-electron chi connectivity index (χ2n) is 6.20. The van der Waals surface area contributed by atoms with Gasteiger partial charge in [-0.2, -0.15) is 0 Å². The third-order valence-electron chi connectivity index (χ3n) is 4.05. The first kappa shape index (κ1) is 20.3. The molecule has 0 aliphatic carbocycles. The van der Waals surface area contributed by atoms with E-state index in [2.05, 4.69) is 15.3 Å². The highest BCUT2D eigenvalue weighted by Crippen LogP contribution is 2.28. The van der Waals surface area contributed by atoms with Gasteiger partial charge in [-0.1, -0.05) is 41.3 Å². The summed E-state index contributed by atoms with van der Waals surface area (Å²) in [5.74, 6) is -0.613. The molecule has 1 unspecified atom stereocenters. The molecule has 3 rings (SSSR count). The van der Waals surface area contributed by atoms with Crippen LogP contribution in [0.25, 0.3) is 10.9 Å². The zero-order valence-corrected chi connectivity index (χ0v) is 17.7. The van der Waals surface area contributed by atoms with E-state index < -0.39 is 5.97 Å². The van der Waals surface area contributed by atoms with Crippen molar-refractivity contribution >= 4 is 51.0 Å². The van der Waals surface area contributed by atoms with Crippen LogP contribution in [-0.4, -0.2) is 33.7 Å². The van der Waals surface area contributed by atoms with E-state index in [-0.39, 0.29) is 11.2 Å². The molecule has 28 heavy (non-hydrogen) atoms. The standard InChI is InChI=1S/C20H21N3O3S2/c1-5-26-19(25)17-12(3)21-20(28-17)23-18(24)13(4)27-16-10-11(2)14-8-6-7-9-15(14)22-16/h6-10,13H,5H2,1-4H3,(H,21,23,24). The largest absolute Gasteiger partial charge is 0.462 e. The molecule has 0 bridgehead atoms. The molecule has 1 N–H and O–H groups in total. The molecule has 3 aromatic rings. The number of ether oxygens (including phenoxy) is 1. The van der Waals surface area contributed by atoms with E-state index >= 15 is 0 Å². The number of aromatic nitrogens is 2. The van der Waals surface area contributed by atoms with E-state index in [4.69, 9.17) is 4.74 Å². The van der Waals surface area contributed by atoms with E-state index in [9.17, 15) is 9.59 Å². The highest BCUT2D eigenvalue weighted by Gasteiger charge is 2.21. The number of carbonyl (C=O) groups is 2. The number of pyridine rings is 1. The van der Waals surface area contributed by atoms with Crippen molar-refractivity contribution in [2.75, 3.05) is 11.9 Å². The molecule has 146 valence electrons. The molecule has 1 aromatic carbocycles. The van der Waals surface area contributed by atoms with Crippen LogP contribution < -0.4 is 5.32 Å². The Labute approximate surface area is 171 Å². The van der Waals surface area contributed by atoms with Crippen molar-refractivity contribution < 1.29 is 14.3 Å². The van der Waals surface area contributed by atoms with Crippen molar-refractivity contribution in [2.45, 2.75) is 38.0 Å². The summed E-state index contributed by atoms with van der Waals surface area (Å²) in [4.78, 5) is 33.8. The van der Waals surface area contributed by atoms with Gasteiger partial charge in [0.15, 0.2) is 5.13 Å². The molecule has 0 fully saturated rings. The number of carbonyl (C=O) groups excluding carboxylic acids is 2. The minimum Gasteiger partial charge on any atom is -0.462 e. The number of hydrogen-bond donors (Lipinski definition) is 1. The van der Waals surface area contributed by atoms with E-state index in [0.717, 1.165) is 32.8 Å². The second kappa shape index (κ2) is 8.70. The molecule has 0 saturated heterocycles. The van der Waals surface area contributed by atoms with Crippen LogP contribution in [0.1, 0.15) is 34.8 Å². The molecule has 0 aliphatic heterocycles. The molecule has 2 aromatic heterocycles. The Morgan fingerprint density at radius 3 is 2.75 bits per heavy atom. The number of esters is 1. The molecule has 0 radical (unpaired) electrons. The number of thioether (sulfide) groups is 1. The molecular weight excluding hydrogens is 394 g/mol. The minimum atomic E-state index is -0.420. The lowest BCUT2D eigenvalue weighted by Gasteiger charge is -2.11. The zero-order chi connectivity index (χ0) is 20.3. The average molecular weight is 416 g/mol. The van der Waals surface area contributed by atoms with Crippen LogP contribution >= 0.6 is 23.1 Å². The topological polar surface area (TPSA) is 81.2 Å². The van der Waals surface area contributed by atoms with Crippen LogP contribution in [0.15, 0.2) is 35.4 Å². The Morgan fingerprint density at radius 1 is 1.25 bits per heavy atom. The van der Waals surface area contributed by atoms with Crippen molar-refractivity contribution in [3.8, 4) is 0 Å². The summed E-state index contributed by atoms with van der Waals surface area (Å²) in [6.45, 7) is 7.62. The molecule has 0 spiro atoms. The van der Waals surface area contributed by atoms with Crippen LogP contribution in [0, 0.1) is 13.8 Å². The minimum absolute atomic E-state index is 0.193. The lowest BCUT2D eigenvalue weighted by molar-refractivity contribution is -0.115. The molecule has 6 nitrogen and oxygen atoms in total. The Morgan fingerprint density at radius 2 is 2.00 bits per heavy atom. The van der Waals surface area contributed by atoms with Gasteiger partial charge in [0.25, 0.3) is 0 Å². The number of hydrogen-bond acceptors (Lipinski definition) is 7. The van der Waals surface area contributed by atoms with Gasteiger partial charge in [0.05, 0.1) is 28.1 Å². The van der Waals surface area contributed by atoms with Crippen molar-refractivity contribution in [1.82, 2.24) is 9.97 Å². The number of thiazole rings is 1. The van der Waals surface area contributed by atoms with Crippen LogP contribution in [0.4, 0.5) is 5.13 Å². The summed E-state index contributed by atoms with van der Waals surface area (Å²) in [5, 5.41) is 4.70. The number of nitrogens with zero attached hydrogens (tertiary/aromatic N) is 2. The smallest absolute Gasteiger partial charge is 0.350 e. The molecule has 0 aliphatic rings. The first-order valence-corrected chi connectivity index (χ1v) is 10.6. The molecule has 8 heteroatoms. The third kappa shape index (κ3) is 4.51. The predicted octanol–water partition coefficient (Wildman–Crippen LogP) is 4.60. The summed E-state index contributed by atoms with van der Waals surface area (Å²) in [5.41, 5.74) is 2.58. The number of para-hydroxylation sites is 1. The number of aryl methyl sites for hydroxylation is 2. The highest BCUT2D eigenvalue weighted by atomic mass is 32.2. The Kier molecular flexibility index (Phi) is 6.31. The number of fused-ring (bicyclic) bond motifs is 1. The van der Waals surface area contributed by atoms with Crippen LogP contribution in [0.5, 0.6) is 0 Å². The van der Waals surface area contributed by atoms with Gasteiger partial charge in [-0.3, -0.25) is 4.79 Å². The first-order chi connectivity index (χ1) is 13.4. The van der Waals surface area contributed by atoms with Crippen molar-refractivity contribution in [2.24, 2.45) is 0 Å². The maximum absolute atomic E-state index is 12.6. The SMILES string of the molecule is CCOC(=O)c1sc(NC(=O)C(C)Sc2cc(C)c3ccccc3n2)nc1C. The van der Waals surface area contributed by atoms with Gasteiger partial charge in [0.2, 0.25) is 5.91 Å². The maximum atomic E-state index is 12.6. The van der Waals surface area contributed by atoms with E-state index in [1.807, 2.05) is 44.2 Å². The highest BCUT2D eigenvalue weighted by molar-refractivity contribution is 8.00. The van der Waals surface area contributed by atoms with Crippen molar-refractivity contribution in [1.29, 1.82) is 0 Å². The first-order valence-electron chi connectivity index (χ1n) is 8.87. The van der Waals surface area contributed by atoms with Crippen molar-refractivity contribution in [3.05, 3.63) is 46.5 Å². The van der Waals surface area contributed by atoms with E-state index in [1.54, 1.807) is 13.8 Å². The summed E-state index contributed by atoms with van der Waals surface area (Å²) in [6.07, 6.45) is 0. The van der Waals surface area contributed by atoms with Gasteiger partial charge >= 0.3 is 5.97 Å². The molecule has 1 atom stereocenters. The molecule has 1 amide bonds. The van der Waals surface area contributed by atoms with Crippen LogP contribution in [0.2, 0.25) is 0 Å². The fourth-order valence-electron chi connectivity index (χ4n) is 2.66. The van der Waals surface area contributed by atoms with Gasteiger partial charge in [-0.25, -0.2) is 14.8 Å². The van der Waals surface area contributed by atoms with E-state index in [1.165, 1.54) is 11.8 Å². The zero-order valence-electron chi connectivity index (χ0n) is 16.1. The molecule has 2 heterocycles. The molecule has 0 saturated carbocycles. The Hall–Kier alpha value is -2.45. The Balaban J connectivity index is 1.70. The average Bonchev–Trinajstić information content (AvgIpc) is 3.02. The van der Waals surface area contributed by atoms with Gasteiger partial charge in [-0.05, 0) is 45.4 Å². The summed E-state index contributed by atoms with van der Waals surface area (Å²) >= 11 is 2.51. The summed E-state index contributed by atoms with van der Waals surface area (Å²) in [6, 6.07) is 9.93. The van der Waals surface area contributed by atoms with Crippen LogP contribution in [-0.2, 0) is 9.53 Å². The number of rotatable bonds is 6. The van der Waals surface area contributed by atoms with Gasteiger partial charge in [0.1, 0.15) is 4.88 Å². The predicted molar refractivity (Wildman–Crippen MR) is 113 cm³/mol. The number of anilines is 1. The van der Waals surface area contributed by atoms with Gasteiger partial charge in [-0.15, -0.1) is 0 Å². The second-order valence-corrected chi connectivity index (χ2v) is 8.56.